The van der Waals surface area contributed by atoms with Crippen LogP contribution in [0.5, 0.6) is 0 Å². The zero-order chi connectivity index (χ0) is 11.7. The minimum atomic E-state index is 0.400. The van der Waals surface area contributed by atoms with Crippen LogP contribution in [0.25, 0.3) is 16.7 Å². The van der Waals surface area contributed by atoms with Crippen LogP contribution in [0.3, 0.4) is 0 Å². The largest absolute Gasteiger partial charge is 0.264 e. The van der Waals surface area contributed by atoms with Crippen LogP contribution in [0.1, 0.15) is 5.56 Å². The zero-order valence-corrected chi connectivity index (χ0v) is 9.67. The van der Waals surface area contributed by atoms with E-state index in [-0.39, 0.29) is 0 Å². The highest BCUT2D eigenvalue weighted by Crippen LogP contribution is 2.19. The van der Waals surface area contributed by atoms with Crippen molar-refractivity contribution in [3.05, 3.63) is 48.3 Å². The minimum Gasteiger partial charge on any atom is -0.264 e. The molecule has 0 bridgehead atoms. The van der Waals surface area contributed by atoms with Crippen molar-refractivity contribution < 1.29 is 0 Å². The minimum absolute atomic E-state index is 0.400. The van der Waals surface area contributed by atoms with E-state index >= 15 is 0 Å². The van der Waals surface area contributed by atoms with Crippen LogP contribution < -0.4 is 0 Å². The monoisotopic (exact) mass is 244 g/mol. The van der Waals surface area contributed by atoms with Gasteiger partial charge in [0.1, 0.15) is 5.52 Å². The Morgan fingerprint density at radius 3 is 2.94 bits per heavy atom. The molecule has 2 aromatic heterocycles. The summed E-state index contributed by atoms with van der Waals surface area (Å²) < 4.78 is 1.79. The first-order chi connectivity index (χ1) is 8.40. The van der Waals surface area contributed by atoms with Gasteiger partial charge in [-0.15, -0.1) is 16.7 Å². The van der Waals surface area contributed by atoms with Gasteiger partial charge in [-0.3, -0.25) is 4.98 Å². The van der Waals surface area contributed by atoms with E-state index in [1.807, 2.05) is 30.3 Å². The van der Waals surface area contributed by atoms with Crippen molar-refractivity contribution in [2.45, 2.75) is 5.88 Å². The molecule has 0 radical (unpaired) electrons. The van der Waals surface area contributed by atoms with E-state index in [0.717, 1.165) is 22.3 Å². The first-order valence-corrected chi connectivity index (χ1v) is 5.73. The molecule has 2 heterocycles. The highest BCUT2D eigenvalue weighted by Gasteiger charge is 2.09. The molecule has 4 nitrogen and oxygen atoms in total. The highest BCUT2D eigenvalue weighted by molar-refractivity contribution is 6.17. The second-order valence-electron chi connectivity index (χ2n) is 3.63. The van der Waals surface area contributed by atoms with Crippen molar-refractivity contribution in [3.8, 4) is 5.69 Å². The van der Waals surface area contributed by atoms with Crippen LogP contribution in [-0.2, 0) is 5.88 Å². The molecule has 0 aliphatic rings. The van der Waals surface area contributed by atoms with E-state index in [1.54, 1.807) is 17.1 Å². The third-order valence-corrected chi connectivity index (χ3v) is 2.89. The highest BCUT2D eigenvalue weighted by atomic mass is 35.5. The van der Waals surface area contributed by atoms with E-state index in [9.17, 15) is 0 Å². The van der Waals surface area contributed by atoms with E-state index in [2.05, 4.69) is 15.3 Å². The van der Waals surface area contributed by atoms with Crippen molar-refractivity contribution in [1.29, 1.82) is 0 Å². The standard InChI is InChI=1S/C12H9ClN4/c13-7-9-8-14-6-5-11(9)17-12-4-2-1-3-10(12)15-16-17/h1-6,8H,7H2. The first kappa shape index (κ1) is 10.2. The molecular formula is C12H9ClN4. The summed E-state index contributed by atoms with van der Waals surface area (Å²) in [5.41, 5.74) is 3.68. The van der Waals surface area contributed by atoms with Gasteiger partial charge in [0.2, 0.25) is 0 Å². The van der Waals surface area contributed by atoms with Gasteiger partial charge < -0.3 is 0 Å². The Morgan fingerprint density at radius 1 is 1.18 bits per heavy atom. The Labute approximate surface area is 103 Å². The van der Waals surface area contributed by atoms with E-state index in [4.69, 9.17) is 11.6 Å². The second kappa shape index (κ2) is 4.14. The summed E-state index contributed by atoms with van der Waals surface area (Å²) in [5, 5.41) is 8.27. The number of rotatable bonds is 2. The predicted octanol–water partition coefficient (Wildman–Crippen LogP) is 2.55. The van der Waals surface area contributed by atoms with Crippen LogP contribution >= 0.6 is 11.6 Å². The van der Waals surface area contributed by atoms with Gasteiger partial charge in [0.05, 0.1) is 17.1 Å². The molecule has 0 N–H and O–H groups in total. The van der Waals surface area contributed by atoms with E-state index in [0.29, 0.717) is 5.88 Å². The van der Waals surface area contributed by atoms with Gasteiger partial charge in [-0.2, -0.15) is 0 Å². The Balaban J connectivity index is 2.27. The molecule has 3 aromatic rings. The van der Waals surface area contributed by atoms with Crippen molar-refractivity contribution in [2.24, 2.45) is 0 Å². The number of benzene rings is 1. The quantitative estimate of drug-likeness (QED) is 0.651. The Bertz CT molecular complexity index is 662. The molecule has 0 saturated carbocycles. The Kier molecular flexibility index (Phi) is 2.49. The number of aromatic nitrogens is 4. The molecule has 0 saturated heterocycles. The number of hydrogen-bond donors (Lipinski definition) is 0. The molecule has 0 atom stereocenters. The molecule has 5 heteroatoms. The van der Waals surface area contributed by atoms with Crippen molar-refractivity contribution >= 4 is 22.6 Å². The summed E-state index contributed by atoms with van der Waals surface area (Å²) >= 11 is 5.90. The summed E-state index contributed by atoms with van der Waals surface area (Å²) in [7, 11) is 0. The van der Waals surface area contributed by atoms with Crippen LogP contribution in [0.15, 0.2) is 42.7 Å². The number of halogens is 1. The zero-order valence-electron chi connectivity index (χ0n) is 8.92. The lowest BCUT2D eigenvalue weighted by molar-refractivity contribution is 0.815. The molecule has 1 aromatic carbocycles. The summed E-state index contributed by atoms with van der Waals surface area (Å²) in [6.07, 6.45) is 3.47. The maximum atomic E-state index is 5.90. The molecular weight excluding hydrogens is 236 g/mol. The number of para-hydroxylation sites is 1. The molecule has 3 rings (SSSR count). The maximum Gasteiger partial charge on any atom is 0.113 e. The van der Waals surface area contributed by atoms with Crippen LogP contribution in [0.2, 0.25) is 0 Å². The summed E-state index contributed by atoms with van der Waals surface area (Å²) in [4.78, 5) is 4.06. The van der Waals surface area contributed by atoms with Crippen molar-refractivity contribution in [2.75, 3.05) is 0 Å². The van der Waals surface area contributed by atoms with E-state index < -0.39 is 0 Å². The average molecular weight is 245 g/mol. The number of fused-ring (bicyclic) bond motifs is 1. The van der Waals surface area contributed by atoms with Gasteiger partial charge in [0, 0.05) is 18.0 Å². The molecule has 84 valence electrons. The molecule has 0 spiro atoms. The van der Waals surface area contributed by atoms with Gasteiger partial charge in [-0.1, -0.05) is 17.3 Å². The molecule has 0 amide bonds. The first-order valence-electron chi connectivity index (χ1n) is 5.20. The van der Waals surface area contributed by atoms with Gasteiger partial charge in [-0.25, -0.2) is 4.68 Å². The van der Waals surface area contributed by atoms with Crippen LogP contribution in [0, 0.1) is 0 Å². The third-order valence-electron chi connectivity index (χ3n) is 2.60. The van der Waals surface area contributed by atoms with E-state index in [1.165, 1.54) is 0 Å². The van der Waals surface area contributed by atoms with Crippen molar-refractivity contribution in [3.63, 3.8) is 0 Å². The van der Waals surface area contributed by atoms with Crippen LogP contribution in [0.4, 0.5) is 0 Å². The van der Waals surface area contributed by atoms with Gasteiger partial charge in [0.25, 0.3) is 0 Å². The summed E-state index contributed by atoms with van der Waals surface area (Å²) in [5.74, 6) is 0.400. The molecule has 0 fully saturated rings. The van der Waals surface area contributed by atoms with Crippen molar-refractivity contribution in [1.82, 2.24) is 20.0 Å². The number of alkyl halides is 1. The average Bonchev–Trinajstić information content (AvgIpc) is 2.82. The second-order valence-corrected chi connectivity index (χ2v) is 3.90. The smallest absolute Gasteiger partial charge is 0.113 e. The lowest BCUT2D eigenvalue weighted by atomic mass is 10.2. The lowest BCUT2D eigenvalue weighted by Gasteiger charge is -2.06. The number of nitrogens with zero attached hydrogens (tertiary/aromatic N) is 4. The molecule has 17 heavy (non-hydrogen) atoms. The third kappa shape index (κ3) is 1.66. The number of pyridine rings is 1. The SMILES string of the molecule is ClCc1cnccc1-n1nnc2ccccc21. The molecule has 0 aliphatic heterocycles. The fourth-order valence-corrected chi connectivity index (χ4v) is 1.98. The lowest BCUT2D eigenvalue weighted by Crippen LogP contribution is -2.01. The molecule has 0 aliphatic carbocycles. The molecule has 0 unspecified atom stereocenters. The maximum absolute atomic E-state index is 5.90. The normalized spacial score (nSPS) is 10.9. The summed E-state index contributed by atoms with van der Waals surface area (Å²) in [6, 6.07) is 9.70. The fraction of sp³-hybridized carbons (Fsp3) is 0.0833. The topological polar surface area (TPSA) is 43.6 Å². The predicted molar refractivity (Wildman–Crippen MR) is 66.2 cm³/mol. The van der Waals surface area contributed by atoms with Gasteiger partial charge in [-0.05, 0) is 18.2 Å². The summed E-state index contributed by atoms with van der Waals surface area (Å²) in [6.45, 7) is 0. The van der Waals surface area contributed by atoms with Gasteiger partial charge >= 0.3 is 0 Å². The fourth-order valence-electron chi connectivity index (χ4n) is 1.78. The number of hydrogen-bond acceptors (Lipinski definition) is 3. The van der Waals surface area contributed by atoms with Gasteiger partial charge in [0.15, 0.2) is 0 Å². The van der Waals surface area contributed by atoms with Crippen LogP contribution in [-0.4, -0.2) is 20.0 Å². The Morgan fingerprint density at radius 2 is 2.06 bits per heavy atom. The Hall–Kier alpha value is -1.94.